The van der Waals surface area contributed by atoms with Crippen LogP contribution >= 0.6 is 35.3 Å². The Labute approximate surface area is 185 Å². The highest BCUT2D eigenvalue weighted by molar-refractivity contribution is 14.0. The van der Waals surface area contributed by atoms with E-state index in [2.05, 4.69) is 28.1 Å². The molecule has 156 valence electrons. The van der Waals surface area contributed by atoms with Crippen molar-refractivity contribution in [2.45, 2.75) is 63.8 Å². The van der Waals surface area contributed by atoms with Crippen LogP contribution in [0, 0.1) is 0 Å². The van der Waals surface area contributed by atoms with Gasteiger partial charge in [0.2, 0.25) is 0 Å². The fraction of sp³-hybridized carbons (Fsp3) is 0.737. The Kier molecular flexibility index (Phi) is 10.6. The summed E-state index contributed by atoms with van der Waals surface area (Å²) in [5.74, 6) is 0.981. The molecule has 0 amide bonds. The van der Waals surface area contributed by atoms with Gasteiger partial charge in [-0.1, -0.05) is 25.3 Å². The Balaban J connectivity index is 0.00000364. The molecule has 0 aliphatic heterocycles. The van der Waals surface area contributed by atoms with Crippen molar-refractivity contribution < 1.29 is 8.42 Å². The molecular formula is C19H34IN3O2S2. The maximum Gasteiger partial charge on any atom is 0.191 e. The Morgan fingerprint density at radius 3 is 2.59 bits per heavy atom. The van der Waals surface area contributed by atoms with Crippen LogP contribution in [0.25, 0.3) is 0 Å². The minimum atomic E-state index is -2.94. The number of thiophene rings is 1. The van der Waals surface area contributed by atoms with Gasteiger partial charge in [0.15, 0.2) is 5.96 Å². The lowest BCUT2D eigenvalue weighted by Gasteiger charge is -2.35. The van der Waals surface area contributed by atoms with Crippen molar-refractivity contribution >= 4 is 51.1 Å². The first-order valence-electron chi connectivity index (χ1n) is 9.61. The first-order chi connectivity index (χ1) is 12.3. The van der Waals surface area contributed by atoms with Gasteiger partial charge in [0, 0.05) is 29.1 Å². The first-order valence-corrected chi connectivity index (χ1v) is 12.6. The number of aliphatic imine (C=N–C) groups is 1. The molecule has 2 N–H and O–H groups in total. The quantitative estimate of drug-likeness (QED) is 0.305. The minimum absolute atomic E-state index is 0. The van der Waals surface area contributed by atoms with Crippen molar-refractivity contribution in [3.63, 3.8) is 0 Å². The van der Waals surface area contributed by atoms with Gasteiger partial charge in [-0.05, 0) is 44.6 Å². The van der Waals surface area contributed by atoms with Crippen LogP contribution < -0.4 is 10.6 Å². The molecule has 1 aromatic heterocycles. The second-order valence-electron chi connectivity index (χ2n) is 7.48. The zero-order chi connectivity index (χ0) is 19.0. The maximum atomic E-state index is 11.4. The van der Waals surface area contributed by atoms with Gasteiger partial charge in [0.1, 0.15) is 9.84 Å². The predicted octanol–water partition coefficient (Wildman–Crippen LogP) is 3.95. The van der Waals surface area contributed by atoms with Crippen LogP contribution in [-0.4, -0.2) is 45.5 Å². The van der Waals surface area contributed by atoms with E-state index in [4.69, 9.17) is 4.99 Å². The number of nitrogens with one attached hydrogen (secondary N) is 2. The molecule has 0 radical (unpaired) electrons. The van der Waals surface area contributed by atoms with Crippen LogP contribution in [0.15, 0.2) is 22.5 Å². The molecule has 1 unspecified atom stereocenters. The third-order valence-electron chi connectivity index (χ3n) is 5.04. The molecule has 1 saturated carbocycles. The zero-order valence-corrected chi connectivity index (χ0v) is 20.6. The summed E-state index contributed by atoms with van der Waals surface area (Å²) in [6, 6.07) is 4.45. The largest absolute Gasteiger partial charge is 0.357 e. The van der Waals surface area contributed by atoms with Gasteiger partial charge < -0.3 is 10.6 Å². The van der Waals surface area contributed by atoms with E-state index >= 15 is 0 Å². The second-order valence-corrected chi connectivity index (χ2v) is 10.7. The zero-order valence-electron chi connectivity index (χ0n) is 16.7. The molecule has 2 rings (SSSR count). The van der Waals surface area contributed by atoms with Gasteiger partial charge in [-0.3, -0.25) is 4.99 Å². The van der Waals surface area contributed by atoms with E-state index < -0.39 is 9.84 Å². The van der Waals surface area contributed by atoms with E-state index in [0.29, 0.717) is 6.42 Å². The highest BCUT2D eigenvalue weighted by Crippen LogP contribution is 2.41. The summed E-state index contributed by atoms with van der Waals surface area (Å²) in [6.07, 6.45) is 8.11. The molecule has 1 heterocycles. The summed E-state index contributed by atoms with van der Waals surface area (Å²) < 4.78 is 22.8. The Hall–Kier alpha value is -0.350. The fourth-order valence-corrected chi connectivity index (χ4v) is 5.30. The Morgan fingerprint density at radius 2 is 2.04 bits per heavy atom. The van der Waals surface area contributed by atoms with Crippen LogP contribution in [0.2, 0.25) is 0 Å². The molecular weight excluding hydrogens is 493 g/mol. The van der Waals surface area contributed by atoms with Gasteiger partial charge in [-0.25, -0.2) is 8.42 Å². The number of hydrogen-bond acceptors (Lipinski definition) is 4. The predicted molar refractivity (Wildman–Crippen MR) is 127 cm³/mol. The van der Waals surface area contributed by atoms with Crippen LogP contribution in [0.1, 0.15) is 57.2 Å². The molecule has 1 atom stereocenters. The number of sulfone groups is 1. The minimum Gasteiger partial charge on any atom is -0.357 e. The van der Waals surface area contributed by atoms with Crippen LogP contribution in [0.3, 0.4) is 0 Å². The van der Waals surface area contributed by atoms with Crippen LogP contribution in [-0.2, 0) is 15.3 Å². The van der Waals surface area contributed by atoms with Crippen LogP contribution in [0.4, 0.5) is 0 Å². The Bertz CT molecular complexity index is 669. The van der Waals surface area contributed by atoms with E-state index in [1.54, 1.807) is 0 Å². The highest BCUT2D eigenvalue weighted by atomic mass is 127. The van der Waals surface area contributed by atoms with E-state index in [-0.39, 0.29) is 41.2 Å². The SMILES string of the molecule is CCNC(=NCC1(c2cccs2)CCCCC1)NC(C)CCS(C)(=O)=O.I. The van der Waals surface area contributed by atoms with Crippen molar-refractivity contribution in [1.29, 1.82) is 0 Å². The van der Waals surface area contributed by atoms with E-state index in [1.807, 2.05) is 25.2 Å². The third kappa shape index (κ3) is 8.27. The molecule has 1 fully saturated rings. The molecule has 1 aliphatic carbocycles. The first kappa shape index (κ1) is 24.7. The lowest BCUT2D eigenvalue weighted by atomic mass is 9.73. The molecule has 8 heteroatoms. The molecule has 0 bridgehead atoms. The summed E-state index contributed by atoms with van der Waals surface area (Å²) >= 11 is 1.84. The van der Waals surface area contributed by atoms with Crippen molar-refractivity contribution in [3.8, 4) is 0 Å². The van der Waals surface area contributed by atoms with Crippen molar-refractivity contribution in [2.24, 2.45) is 4.99 Å². The average molecular weight is 528 g/mol. The lowest BCUT2D eigenvalue weighted by molar-refractivity contribution is 0.306. The molecule has 1 aromatic rings. The molecule has 27 heavy (non-hydrogen) atoms. The van der Waals surface area contributed by atoms with Gasteiger partial charge in [0.25, 0.3) is 0 Å². The van der Waals surface area contributed by atoms with E-state index in [0.717, 1.165) is 19.0 Å². The Morgan fingerprint density at radius 1 is 1.33 bits per heavy atom. The standard InChI is InChI=1S/C19H33N3O2S2.HI/c1-4-20-18(22-16(2)10-14-26(3,23)24)21-15-19(11-6-5-7-12-19)17-9-8-13-25-17;/h8-9,13,16H,4-7,10-12,14-15H2,1-3H3,(H2,20,21,22);1H. The van der Waals surface area contributed by atoms with Gasteiger partial charge in [-0.15, -0.1) is 35.3 Å². The maximum absolute atomic E-state index is 11.4. The number of hydrogen-bond donors (Lipinski definition) is 2. The summed E-state index contributed by atoms with van der Waals surface area (Å²) in [6.45, 7) is 5.62. The average Bonchev–Trinajstić information content (AvgIpc) is 3.14. The van der Waals surface area contributed by atoms with Crippen molar-refractivity contribution in [3.05, 3.63) is 22.4 Å². The fourth-order valence-electron chi connectivity index (χ4n) is 3.54. The van der Waals surface area contributed by atoms with Gasteiger partial charge in [0.05, 0.1) is 12.3 Å². The van der Waals surface area contributed by atoms with E-state index in [9.17, 15) is 8.42 Å². The number of rotatable bonds is 8. The summed E-state index contributed by atoms with van der Waals surface area (Å²) in [5, 5.41) is 8.83. The molecule has 1 aliphatic rings. The summed E-state index contributed by atoms with van der Waals surface area (Å²) in [7, 11) is -2.94. The lowest BCUT2D eigenvalue weighted by Crippen LogP contribution is -2.44. The van der Waals surface area contributed by atoms with Crippen molar-refractivity contribution in [1.82, 2.24) is 10.6 Å². The number of nitrogens with zero attached hydrogens (tertiary/aromatic N) is 1. The molecule has 0 saturated heterocycles. The van der Waals surface area contributed by atoms with Crippen LogP contribution in [0.5, 0.6) is 0 Å². The number of halogens is 1. The monoisotopic (exact) mass is 527 g/mol. The topological polar surface area (TPSA) is 70.6 Å². The second kappa shape index (κ2) is 11.6. The third-order valence-corrected chi connectivity index (χ3v) is 7.14. The number of guanidine groups is 1. The van der Waals surface area contributed by atoms with Gasteiger partial charge >= 0.3 is 0 Å². The highest BCUT2D eigenvalue weighted by Gasteiger charge is 2.34. The summed E-state index contributed by atoms with van der Waals surface area (Å²) in [5.41, 5.74) is 0.158. The molecule has 5 nitrogen and oxygen atoms in total. The van der Waals surface area contributed by atoms with Crippen molar-refractivity contribution in [2.75, 3.05) is 25.1 Å². The van der Waals surface area contributed by atoms with Gasteiger partial charge in [-0.2, -0.15) is 0 Å². The normalized spacial score (nSPS) is 18.4. The smallest absolute Gasteiger partial charge is 0.191 e. The summed E-state index contributed by atoms with van der Waals surface area (Å²) in [4.78, 5) is 6.35. The molecule has 0 aromatic carbocycles. The molecule has 0 spiro atoms. The van der Waals surface area contributed by atoms with E-state index in [1.165, 1.54) is 43.2 Å².